The lowest BCUT2D eigenvalue weighted by atomic mass is 10.1. The Hall–Kier alpha value is -2.00. The van der Waals surface area contributed by atoms with Crippen LogP contribution in [-0.2, 0) is 11.3 Å². The summed E-state index contributed by atoms with van der Waals surface area (Å²) in [4.78, 5) is 11.6. The highest BCUT2D eigenvalue weighted by molar-refractivity contribution is 6.30. The van der Waals surface area contributed by atoms with E-state index in [1.807, 2.05) is 30.3 Å². The van der Waals surface area contributed by atoms with Crippen molar-refractivity contribution in [3.05, 3.63) is 64.7 Å². The predicted molar refractivity (Wildman–Crippen MR) is 73.6 cm³/mol. The van der Waals surface area contributed by atoms with Crippen LogP contribution in [0.5, 0.6) is 5.75 Å². The van der Waals surface area contributed by atoms with Crippen LogP contribution in [0, 0.1) is 0 Å². The number of carbonyl (C=O) groups excluding carboxylic acids is 1. The highest BCUT2D eigenvalue weighted by atomic mass is 35.5. The zero-order valence-electron chi connectivity index (χ0n) is 10.4. The van der Waals surface area contributed by atoms with Gasteiger partial charge in [-0.3, -0.25) is 0 Å². The molecule has 0 radical (unpaired) electrons. The van der Waals surface area contributed by atoms with Gasteiger partial charge in [0.15, 0.2) is 0 Å². The number of ether oxygens (including phenoxy) is 2. The molecule has 0 aliphatic heterocycles. The van der Waals surface area contributed by atoms with Crippen LogP contribution in [0.1, 0.15) is 15.9 Å². The summed E-state index contributed by atoms with van der Waals surface area (Å²) in [6, 6.07) is 14.4. The third kappa shape index (κ3) is 3.48. The maximum atomic E-state index is 11.6. The second-order valence-corrected chi connectivity index (χ2v) is 4.33. The molecule has 98 valence electrons. The van der Waals surface area contributed by atoms with Crippen molar-refractivity contribution in [2.24, 2.45) is 0 Å². The molecule has 0 aromatic heterocycles. The third-order valence-electron chi connectivity index (χ3n) is 2.61. The zero-order chi connectivity index (χ0) is 13.7. The van der Waals surface area contributed by atoms with Crippen molar-refractivity contribution in [1.29, 1.82) is 0 Å². The lowest BCUT2D eigenvalue weighted by Gasteiger charge is -2.10. The molecule has 0 saturated heterocycles. The molecule has 0 aliphatic carbocycles. The Labute approximate surface area is 116 Å². The smallest absolute Gasteiger partial charge is 0.338 e. The van der Waals surface area contributed by atoms with E-state index in [4.69, 9.17) is 21.1 Å². The summed E-state index contributed by atoms with van der Waals surface area (Å²) in [7, 11) is 1.35. The van der Waals surface area contributed by atoms with Gasteiger partial charge in [-0.05, 0) is 30.3 Å². The molecular formula is C15H13ClO3. The van der Waals surface area contributed by atoms with E-state index in [1.165, 1.54) is 7.11 Å². The molecule has 19 heavy (non-hydrogen) atoms. The van der Waals surface area contributed by atoms with E-state index in [0.29, 0.717) is 16.1 Å². The predicted octanol–water partition coefficient (Wildman–Crippen LogP) is 3.71. The summed E-state index contributed by atoms with van der Waals surface area (Å²) >= 11 is 5.94. The fourth-order valence-electron chi connectivity index (χ4n) is 1.67. The lowest BCUT2D eigenvalue weighted by molar-refractivity contribution is 0.0598. The molecule has 2 aromatic carbocycles. The second-order valence-electron chi connectivity index (χ2n) is 3.89. The summed E-state index contributed by atoms with van der Waals surface area (Å²) in [6.07, 6.45) is 0. The molecule has 0 heterocycles. The van der Waals surface area contributed by atoms with Crippen molar-refractivity contribution >= 4 is 17.6 Å². The van der Waals surface area contributed by atoms with Crippen LogP contribution < -0.4 is 4.74 Å². The number of halogens is 1. The van der Waals surface area contributed by atoms with Crippen LogP contribution in [0.3, 0.4) is 0 Å². The van der Waals surface area contributed by atoms with Gasteiger partial charge in [0, 0.05) is 10.6 Å². The second kappa shape index (κ2) is 6.25. The molecule has 4 heteroatoms. The average molecular weight is 277 g/mol. The van der Waals surface area contributed by atoms with Crippen molar-refractivity contribution in [2.45, 2.75) is 6.61 Å². The third-order valence-corrected chi connectivity index (χ3v) is 2.85. The summed E-state index contributed by atoms with van der Waals surface area (Å²) in [6.45, 7) is 0.259. The number of hydrogen-bond donors (Lipinski definition) is 0. The van der Waals surface area contributed by atoms with Gasteiger partial charge in [-0.1, -0.05) is 29.8 Å². The number of para-hydroxylation sites is 1. The van der Waals surface area contributed by atoms with E-state index < -0.39 is 5.97 Å². The number of carbonyl (C=O) groups is 1. The fraction of sp³-hybridized carbons (Fsp3) is 0.133. The molecule has 2 aromatic rings. The maximum absolute atomic E-state index is 11.6. The monoisotopic (exact) mass is 276 g/mol. The Morgan fingerprint density at radius 2 is 1.89 bits per heavy atom. The summed E-state index contributed by atoms with van der Waals surface area (Å²) in [5, 5.41) is 0.555. The van der Waals surface area contributed by atoms with E-state index in [-0.39, 0.29) is 6.61 Å². The van der Waals surface area contributed by atoms with Crippen LogP contribution in [0.15, 0.2) is 48.5 Å². The fourth-order valence-corrected chi connectivity index (χ4v) is 1.86. The van der Waals surface area contributed by atoms with Crippen molar-refractivity contribution in [3.8, 4) is 5.75 Å². The Morgan fingerprint density at radius 3 is 2.58 bits per heavy atom. The van der Waals surface area contributed by atoms with E-state index in [9.17, 15) is 4.79 Å². The first-order chi connectivity index (χ1) is 9.20. The number of methoxy groups -OCH3 is 1. The summed E-state index contributed by atoms with van der Waals surface area (Å²) < 4.78 is 10.3. The van der Waals surface area contributed by atoms with Gasteiger partial charge in [-0.2, -0.15) is 0 Å². The standard InChI is InChI=1S/C15H13ClO3/c1-18-15(17)14-8-7-12(16)9-11(14)10-19-13-5-3-2-4-6-13/h2-9H,10H2,1H3. The molecule has 0 fully saturated rings. The minimum absolute atomic E-state index is 0.259. The quantitative estimate of drug-likeness (QED) is 0.799. The van der Waals surface area contributed by atoms with Gasteiger partial charge >= 0.3 is 5.97 Å². The van der Waals surface area contributed by atoms with E-state index >= 15 is 0 Å². The van der Waals surface area contributed by atoms with Gasteiger partial charge in [0.05, 0.1) is 12.7 Å². The summed E-state index contributed by atoms with van der Waals surface area (Å²) in [5.74, 6) is 0.335. The first-order valence-electron chi connectivity index (χ1n) is 5.75. The van der Waals surface area contributed by atoms with Crippen molar-refractivity contribution < 1.29 is 14.3 Å². The largest absolute Gasteiger partial charge is 0.489 e. The van der Waals surface area contributed by atoms with Gasteiger partial charge in [0.25, 0.3) is 0 Å². The van der Waals surface area contributed by atoms with Gasteiger partial charge in [0.2, 0.25) is 0 Å². The molecule has 0 atom stereocenters. The highest BCUT2D eigenvalue weighted by Crippen LogP contribution is 2.19. The van der Waals surface area contributed by atoms with Crippen LogP contribution in [0.4, 0.5) is 0 Å². The summed E-state index contributed by atoms with van der Waals surface area (Å²) in [5.41, 5.74) is 1.16. The molecule has 0 saturated carbocycles. The Kier molecular flexibility index (Phi) is 4.42. The van der Waals surface area contributed by atoms with Gasteiger partial charge in [-0.25, -0.2) is 4.79 Å². The topological polar surface area (TPSA) is 35.5 Å². The normalized spacial score (nSPS) is 10.0. The van der Waals surface area contributed by atoms with Crippen molar-refractivity contribution in [1.82, 2.24) is 0 Å². The molecular weight excluding hydrogens is 264 g/mol. The first kappa shape index (κ1) is 13.4. The molecule has 0 unspecified atom stereocenters. The highest BCUT2D eigenvalue weighted by Gasteiger charge is 2.12. The molecule has 0 spiro atoms. The van der Waals surface area contributed by atoms with Crippen molar-refractivity contribution in [2.75, 3.05) is 7.11 Å². The van der Waals surface area contributed by atoms with Gasteiger partial charge in [-0.15, -0.1) is 0 Å². The lowest BCUT2D eigenvalue weighted by Crippen LogP contribution is -2.08. The van der Waals surface area contributed by atoms with Gasteiger partial charge < -0.3 is 9.47 Å². The first-order valence-corrected chi connectivity index (χ1v) is 6.13. The number of hydrogen-bond acceptors (Lipinski definition) is 3. The minimum atomic E-state index is -0.400. The van der Waals surface area contributed by atoms with Crippen molar-refractivity contribution in [3.63, 3.8) is 0 Å². The Balaban J connectivity index is 2.19. The molecule has 0 amide bonds. The SMILES string of the molecule is COC(=O)c1ccc(Cl)cc1COc1ccccc1. The molecule has 2 rings (SSSR count). The van der Waals surface area contributed by atoms with E-state index in [0.717, 1.165) is 5.75 Å². The van der Waals surface area contributed by atoms with E-state index in [1.54, 1.807) is 18.2 Å². The van der Waals surface area contributed by atoms with Crippen LogP contribution >= 0.6 is 11.6 Å². The maximum Gasteiger partial charge on any atom is 0.338 e. The van der Waals surface area contributed by atoms with Crippen LogP contribution in [-0.4, -0.2) is 13.1 Å². The molecule has 0 bridgehead atoms. The molecule has 3 nitrogen and oxygen atoms in total. The molecule has 0 N–H and O–H groups in total. The Bertz CT molecular complexity index is 567. The van der Waals surface area contributed by atoms with Gasteiger partial charge in [0.1, 0.15) is 12.4 Å². The zero-order valence-corrected chi connectivity index (χ0v) is 11.2. The number of benzene rings is 2. The Morgan fingerprint density at radius 1 is 1.16 bits per heavy atom. The van der Waals surface area contributed by atoms with E-state index in [2.05, 4.69) is 0 Å². The van der Waals surface area contributed by atoms with Crippen LogP contribution in [0.25, 0.3) is 0 Å². The number of esters is 1. The van der Waals surface area contributed by atoms with Crippen LogP contribution in [0.2, 0.25) is 5.02 Å². The average Bonchev–Trinajstić information content (AvgIpc) is 2.45. The minimum Gasteiger partial charge on any atom is -0.489 e. The number of rotatable bonds is 4. The molecule has 0 aliphatic rings.